The summed E-state index contributed by atoms with van der Waals surface area (Å²) in [5.74, 6) is -1.72. The molecule has 5 nitrogen and oxygen atoms in total. The van der Waals surface area contributed by atoms with Gasteiger partial charge >= 0.3 is 5.97 Å². The molecule has 0 fully saturated rings. The second-order valence-corrected chi connectivity index (χ2v) is 7.50. The topological polar surface area (TPSA) is 79.2 Å². The van der Waals surface area contributed by atoms with E-state index in [1.54, 1.807) is 12.1 Å². The first-order valence-corrected chi connectivity index (χ1v) is 9.84. The van der Waals surface area contributed by atoms with Crippen LogP contribution in [-0.2, 0) is 27.2 Å². The van der Waals surface area contributed by atoms with Crippen LogP contribution in [0.2, 0.25) is 0 Å². The summed E-state index contributed by atoms with van der Waals surface area (Å²) >= 11 is 1.42. The van der Waals surface area contributed by atoms with Gasteiger partial charge in [-0.25, -0.2) is 9.18 Å². The number of rotatable bonds is 5. The average Bonchev–Trinajstić information content (AvgIpc) is 2.85. The number of nitrogens with zero attached hydrogens (tertiary/aromatic N) is 1. The second-order valence-electron chi connectivity index (χ2n) is 6.39. The zero-order valence-corrected chi connectivity index (χ0v) is 16.0. The van der Waals surface area contributed by atoms with Gasteiger partial charge < -0.3 is 10.1 Å². The van der Waals surface area contributed by atoms with E-state index in [-0.39, 0.29) is 5.56 Å². The fourth-order valence-electron chi connectivity index (χ4n) is 3.06. The van der Waals surface area contributed by atoms with E-state index >= 15 is 0 Å². The maximum atomic E-state index is 13.5. The Morgan fingerprint density at radius 1 is 1.25 bits per heavy atom. The van der Waals surface area contributed by atoms with Crippen LogP contribution in [0.25, 0.3) is 6.08 Å². The van der Waals surface area contributed by atoms with Gasteiger partial charge in [0.2, 0.25) is 0 Å². The molecule has 0 saturated carbocycles. The molecule has 1 aromatic carbocycles. The minimum atomic E-state index is -0.749. The van der Waals surface area contributed by atoms with Crippen LogP contribution < -0.4 is 5.32 Å². The Hall–Kier alpha value is -2.98. The number of nitrogens with one attached hydrogen (secondary N) is 1. The average molecular weight is 398 g/mol. The van der Waals surface area contributed by atoms with Crippen molar-refractivity contribution in [3.8, 4) is 6.07 Å². The van der Waals surface area contributed by atoms with Gasteiger partial charge in [0, 0.05) is 16.5 Å². The van der Waals surface area contributed by atoms with Crippen molar-refractivity contribution in [3.05, 3.63) is 57.7 Å². The lowest BCUT2D eigenvalue weighted by Gasteiger charge is -2.04. The predicted molar refractivity (Wildman–Crippen MR) is 105 cm³/mol. The third-order valence-corrected chi connectivity index (χ3v) is 5.64. The van der Waals surface area contributed by atoms with Crippen LogP contribution in [-0.4, -0.2) is 18.5 Å². The predicted octanol–water partition coefficient (Wildman–Crippen LogP) is 4.22. The number of esters is 1. The molecule has 0 saturated heterocycles. The molecular weight excluding hydrogens is 379 g/mol. The molecule has 144 valence electrons. The van der Waals surface area contributed by atoms with Crippen LogP contribution in [0.1, 0.15) is 40.8 Å². The van der Waals surface area contributed by atoms with Gasteiger partial charge in [-0.05, 0) is 43.4 Å². The molecule has 1 amide bonds. The van der Waals surface area contributed by atoms with Crippen molar-refractivity contribution in [1.29, 1.82) is 5.26 Å². The minimum Gasteiger partial charge on any atom is -0.452 e. The maximum Gasteiger partial charge on any atom is 0.331 e. The van der Waals surface area contributed by atoms with Gasteiger partial charge in [0.25, 0.3) is 5.91 Å². The van der Waals surface area contributed by atoms with E-state index in [1.165, 1.54) is 29.5 Å². The number of amides is 1. The Balaban J connectivity index is 1.57. The molecule has 7 heteroatoms. The Morgan fingerprint density at radius 3 is 2.82 bits per heavy atom. The van der Waals surface area contributed by atoms with Crippen molar-refractivity contribution in [1.82, 2.24) is 0 Å². The number of aryl methyl sites for hydroxylation is 1. The summed E-state index contributed by atoms with van der Waals surface area (Å²) in [7, 11) is 0. The number of carbonyl (C=O) groups is 2. The number of hydrogen-bond donors (Lipinski definition) is 1. The molecule has 0 radical (unpaired) electrons. The van der Waals surface area contributed by atoms with Gasteiger partial charge in [-0.3, -0.25) is 4.79 Å². The SMILES string of the molecule is N#Cc1c(NC(=O)COC(=O)/C=C/c2ccccc2F)sc2c1CCCCC2. The Labute approximate surface area is 166 Å². The number of hydrogen-bond acceptors (Lipinski definition) is 5. The van der Waals surface area contributed by atoms with Gasteiger partial charge in [0.1, 0.15) is 16.9 Å². The minimum absolute atomic E-state index is 0.252. The second kappa shape index (κ2) is 9.29. The maximum absolute atomic E-state index is 13.5. The normalized spacial score (nSPS) is 13.4. The highest BCUT2D eigenvalue weighted by Crippen LogP contribution is 2.36. The van der Waals surface area contributed by atoms with Crippen LogP contribution in [0.15, 0.2) is 30.3 Å². The van der Waals surface area contributed by atoms with Gasteiger partial charge in [-0.2, -0.15) is 5.26 Å². The van der Waals surface area contributed by atoms with Gasteiger partial charge in [0.05, 0.1) is 5.56 Å². The molecule has 1 aliphatic carbocycles. The molecule has 1 aromatic heterocycles. The Bertz CT molecular complexity index is 959. The van der Waals surface area contributed by atoms with E-state index < -0.39 is 24.3 Å². The smallest absolute Gasteiger partial charge is 0.331 e. The number of carbonyl (C=O) groups excluding carboxylic acids is 2. The number of benzene rings is 1. The first-order chi connectivity index (χ1) is 13.6. The van der Waals surface area contributed by atoms with E-state index in [4.69, 9.17) is 4.74 Å². The fourth-order valence-corrected chi connectivity index (χ4v) is 4.32. The Morgan fingerprint density at radius 2 is 2.04 bits per heavy atom. The zero-order chi connectivity index (χ0) is 19.9. The standard InChI is InChI=1S/C21H19FN2O3S/c22-17-8-5-4-6-14(17)10-11-20(26)27-13-19(25)24-21-16(12-23)15-7-2-1-3-9-18(15)28-21/h4-6,8,10-11H,1-3,7,9,13H2,(H,24,25)/b11-10+. The molecule has 0 unspecified atom stereocenters. The number of fused-ring (bicyclic) bond motifs is 1. The quantitative estimate of drug-likeness (QED) is 0.465. The third-order valence-electron chi connectivity index (χ3n) is 4.44. The highest BCUT2D eigenvalue weighted by atomic mass is 32.1. The molecular formula is C21H19FN2O3S. The lowest BCUT2D eigenvalue weighted by Crippen LogP contribution is -2.20. The third kappa shape index (κ3) is 4.84. The lowest BCUT2D eigenvalue weighted by molar-refractivity contribution is -0.142. The van der Waals surface area contributed by atoms with Gasteiger partial charge in [-0.1, -0.05) is 24.6 Å². The Kier molecular flexibility index (Phi) is 6.56. The van der Waals surface area contributed by atoms with Crippen molar-refractivity contribution >= 4 is 34.3 Å². The molecule has 2 aromatic rings. The molecule has 28 heavy (non-hydrogen) atoms. The van der Waals surface area contributed by atoms with E-state index in [2.05, 4.69) is 11.4 Å². The van der Waals surface area contributed by atoms with Crippen molar-refractivity contribution < 1.29 is 18.7 Å². The number of nitriles is 1. The molecule has 0 bridgehead atoms. The lowest BCUT2D eigenvalue weighted by atomic mass is 10.1. The molecule has 0 aliphatic heterocycles. The summed E-state index contributed by atoms with van der Waals surface area (Å²) in [5.41, 5.74) is 1.80. The number of halogens is 1. The molecule has 0 atom stereocenters. The van der Waals surface area contributed by atoms with Crippen LogP contribution in [0.3, 0.4) is 0 Å². The van der Waals surface area contributed by atoms with Crippen LogP contribution in [0.4, 0.5) is 9.39 Å². The molecule has 1 N–H and O–H groups in total. The van der Waals surface area contributed by atoms with Crippen molar-refractivity contribution in [2.45, 2.75) is 32.1 Å². The highest BCUT2D eigenvalue weighted by Gasteiger charge is 2.21. The van der Waals surface area contributed by atoms with E-state index in [1.807, 2.05) is 0 Å². The molecule has 1 aliphatic rings. The number of thiophene rings is 1. The van der Waals surface area contributed by atoms with Gasteiger partial charge in [-0.15, -0.1) is 11.3 Å². The van der Waals surface area contributed by atoms with E-state index in [0.29, 0.717) is 10.6 Å². The zero-order valence-electron chi connectivity index (χ0n) is 15.2. The summed E-state index contributed by atoms with van der Waals surface area (Å²) in [4.78, 5) is 25.0. The van der Waals surface area contributed by atoms with Crippen LogP contribution in [0, 0.1) is 17.1 Å². The molecule has 1 heterocycles. The molecule has 0 spiro atoms. The van der Waals surface area contributed by atoms with Crippen molar-refractivity contribution in [2.24, 2.45) is 0 Å². The van der Waals surface area contributed by atoms with Crippen LogP contribution in [0.5, 0.6) is 0 Å². The summed E-state index contributed by atoms with van der Waals surface area (Å²) in [6.45, 7) is -0.478. The van der Waals surface area contributed by atoms with Crippen molar-refractivity contribution in [2.75, 3.05) is 11.9 Å². The van der Waals surface area contributed by atoms with Gasteiger partial charge in [0.15, 0.2) is 6.61 Å². The molecule has 3 rings (SSSR count). The van der Waals surface area contributed by atoms with Crippen molar-refractivity contribution in [3.63, 3.8) is 0 Å². The summed E-state index contributed by atoms with van der Waals surface area (Å²) < 4.78 is 18.4. The summed E-state index contributed by atoms with van der Waals surface area (Å²) in [6, 6.07) is 8.20. The first kappa shape index (κ1) is 19.8. The van der Waals surface area contributed by atoms with E-state index in [0.717, 1.165) is 48.6 Å². The highest BCUT2D eigenvalue weighted by molar-refractivity contribution is 7.16. The number of ether oxygens (including phenoxy) is 1. The number of anilines is 1. The van der Waals surface area contributed by atoms with Crippen LogP contribution >= 0.6 is 11.3 Å². The fraction of sp³-hybridized carbons (Fsp3) is 0.286. The van der Waals surface area contributed by atoms with E-state index in [9.17, 15) is 19.2 Å². The summed E-state index contributed by atoms with van der Waals surface area (Å²) in [6.07, 6.45) is 7.39. The first-order valence-electron chi connectivity index (χ1n) is 9.02. The largest absolute Gasteiger partial charge is 0.452 e. The summed E-state index contributed by atoms with van der Waals surface area (Å²) in [5, 5.41) is 12.7. The monoisotopic (exact) mass is 398 g/mol.